The third-order valence-corrected chi connectivity index (χ3v) is 8.49. The molecular weight excluding hydrogens is 474 g/mol. The first-order chi connectivity index (χ1) is 17.5. The topological polar surface area (TPSA) is 91.8 Å². The van der Waals surface area contributed by atoms with Gasteiger partial charge in [0.2, 0.25) is 5.91 Å². The van der Waals surface area contributed by atoms with Crippen LogP contribution in [-0.4, -0.2) is 59.2 Å². The van der Waals surface area contributed by atoms with Crippen LogP contribution in [0.1, 0.15) is 30.9 Å². The van der Waals surface area contributed by atoms with Crippen molar-refractivity contribution in [3.05, 3.63) is 66.4 Å². The predicted molar refractivity (Wildman–Crippen MR) is 140 cm³/mol. The van der Waals surface area contributed by atoms with Crippen molar-refractivity contribution in [2.24, 2.45) is 16.8 Å². The molecule has 1 aromatic heterocycles. The lowest BCUT2D eigenvalue weighted by Gasteiger charge is -2.37. The van der Waals surface area contributed by atoms with Crippen LogP contribution in [0, 0.1) is 11.8 Å². The van der Waals surface area contributed by atoms with Crippen LogP contribution in [0.3, 0.4) is 0 Å². The Balaban J connectivity index is 1.72. The average molecular weight is 504 g/mol. The maximum atomic E-state index is 14.5. The van der Waals surface area contributed by atoms with Crippen molar-refractivity contribution < 1.29 is 19.1 Å². The van der Waals surface area contributed by atoms with Gasteiger partial charge in [0.1, 0.15) is 4.75 Å². The summed E-state index contributed by atoms with van der Waals surface area (Å²) in [6.07, 6.45) is 5.38. The fraction of sp³-hybridized carbons (Fsp3) is 0.357. The van der Waals surface area contributed by atoms with E-state index in [-0.39, 0.29) is 18.1 Å². The molecular formula is C28H29N3O4S. The lowest BCUT2D eigenvalue weighted by atomic mass is 9.83. The van der Waals surface area contributed by atoms with Gasteiger partial charge in [0, 0.05) is 47.4 Å². The molecule has 3 atom stereocenters. The maximum absolute atomic E-state index is 14.5. The molecule has 36 heavy (non-hydrogen) atoms. The van der Waals surface area contributed by atoms with Crippen molar-refractivity contribution in [3.63, 3.8) is 0 Å². The molecule has 186 valence electrons. The molecule has 2 fully saturated rings. The normalized spacial score (nSPS) is 22.9. The molecule has 3 unspecified atom stereocenters. The van der Waals surface area contributed by atoms with E-state index < -0.39 is 22.7 Å². The quantitative estimate of drug-likeness (QED) is 0.265. The van der Waals surface area contributed by atoms with E-state index >= 15 is 0 Å². The van der Waals surface area contributed by atoms with E-state index in [9.17, 15) is 14.4 Å². The highest BCUT2D eigenvalue weighted by Gasteiger charge is 2.60. The van der Waals surface area contributed by atoms with Gasteiger partial charge in [-0.05, 0) is 37.0 Å². The first-order valence-electron chi connectivity index (χ1n) is 12.1. The van der Waals surface area contributed by atoms with E-state index in [0.717, 1.165) is 34.2 Å². The summed E-state index contributed by atoms with van der Waals surface area (Å²) in [5.74, 6) is -1.90. The monoisotopic (exact) mass is 503 g/mol. The number of hydrogen-bond donors (Lipinski definition) is 1. The number of nitrogens with one attached hydrogen (secondary N) is 1. The number of thioether (sulfide) groups is 1. The average Bonchev–Trinajstić information content (AvgIpc) is 3.56. The van der Waals surface area contributed by atoms with Crippen molar-refractivity contribution in [1.29, 1.82) is 0 Å². The van der Waals surface area contributed by atoms with Gasteiger partial charge >= 0.3 is 5.97 Å². The number of fused-ring (bicyclic) bond motifs is 1. The number of hydrogen-bond acceptors (Lipinski definition) is 6. The Morgan fingerprint density at radius 1 is 1.19 bits per heavy atom. The van der Waals surface area contributed by atoms with Gasteiger partial charge in [0.25, 0.3) is 0 Å². The number of H-pyrrole nitrogens is 1. The number of nitrogens with zero attached hydrogens (tertiary/aromatic N) is 2. The Morgan fingerprint density at radius 2 is 1.92 bits per heavy atom. The molecule has 5 rings (SSSR count). The third-order valence-electron chi connectivity index (χ3n) is 7.05. The van der Waals surface area contributed by atoms with Crippen molar-refractivity contribution in [2.45, 2.75) is 34.9 Å². The number of aliphatic imine (C=N–C) groups is 1. The van der Waals surface area contributed by atoms with Crippen LogP contribution >= 0.6 is 11.8 Å². The summed E-state index contributed by atoms with van der Waals surface area (Å²) in [6, 6.07) is 16.9. The van der Waals surface area contributed by atoms with Crippen molar-refractivity contribution >= 4 is 46.5 Å². The molecule has 1 aliphatic carbocycles. The summed E-state index contributed by atoms with van der Waals surface area (Å²) in [5.41, 5.74) is 1.81. The van der Waals surface area contributed by atoms with Gasteiger partial charge in [0.05, 0.1) is 19.6 Å². The van der Waals surface area contributed by atoms with Gasteiger partial charge in [0.15, 0.2) is 11.7 Å². The van der Waals surface area contributed by atoms with Crippen molar-refractivity contribution in [3.8, 4) is 0 Å². The number of esters is 1. The Labute approximate surface area is 214 Å². The number of likely N-dealkylation sites (tertiary alicyclic amines) is 1. The summed E-state index contributed by atoms with van der Waals surface area (Å²) in [4.78, 5) is 51.1. The zero-order valence-electron chi connectivity index (χ0n) is 20.3. The Bertz CT molecular complexity index is 1320. The highest BCUT2D eigenvalue weighted by Crippen LogP contribution is 2.55. The third kappa shape index (κ3) is 4.34. The number of carbonyl (C=O) groups excluding carboxylic acids is 3. The minimum absolute atomic E-state index is 0.00661. The predicted octanol–water partition coefficient (Wildman–Crippen LogP) is 4.44. The number of rotatable bonds is 9. The Hall–Kier alpha value is -3.39. The second-order valence-electron chi connectivity index (χ2n) is 9.44. The molecule has 1 amide bonds. The van der Waals surface area contributed by atoms with E-state index in [4.69, 9.17) is 4.74 Å². The van der Waals surface area contributed by atoms with Crippen LogP contribution < -0.4 is 0 Å². The van der Waals surface area contributed by atoms with Crippen LogP contribution in [0.5, 0.6) is 0 Å². The molecule has 2 aromatic carbocycles. The van der Waals surface area contributed by atoms with Gasteiger partial charge in [-0.3, -0.25) is 19.4 Å². The number of ether oxygens (including phenoxy) is 1. The van der Waals surface area contributed by atoms with Gasteiger partial charge in [-0.25, -0.2) is 0 Å². The SMILES string of the molecule is CN=CC(C(=O)OC)C(=O)C1(Sc2ccccc2)CC(=O)N(CC2CC2)C1c1c[nH]c2ccccc12. The largest absolute Gasteiger partial charge is 0.468 e. The number of para-hydroxylation sites is 1. The second-order valence-corrected chi connectivity index (χ2v) is 10.8. The number of carbonyl (C=O) groups is 3. The van der Waals surface area contributed by atoms with Crippen LogP contribution in [0.4, 0.5) is 0 Å². The minimum Gasteiger partial charge on any atom is -0.468 e. The van der Waals surface area contributed by atoms with Gasteiger partial charge in [-0.2, -0.15) is 0 Å². The first kappa shape index (κ1) is 24.3. The molecule has 1 aliphatic heterocycles. The van der Waals surface area contributed by atoms with E-state index in [1.807, 2.05) is 65.7 Å². The first-order valence-corrected chi connectivity index (χ1v) is 12.9. The number of aromatic amines is 1. The molecule has 1 saturated carbocycles. The molecule has 0 radical (unpaired) electrons. The highest BCUT2D eigenvalue weighted by atomic mass is 32.2. The zero-order valence-corrected chi connectivity index (χ0v) is 21.2. The van der Waals surface area contributed by atoms with Crippen LogP contribution in [0.2, 0.25) is 0 Å². The van der Waals surface area contributed by atoms with E-state index in [1.165, 1.54) is 32.1 Å². The Kier molecular flexibility index (Phi) is 6.71. The second kappa shape index (κ2) is 9.93. The maximum Gasteiger partial charge on any atom is 0.321 e. The number of aromatic nitrogens is 1. The number of amides is 1. The van der Waals surface area contributed by atoms with Crippen LogP contribution in [-0.2, 0) is 19.1 Å². The van der Waals surface area contributed by atoms with Crippen molar-refractivity contribution in [1.82, 2.24) is 9.88 Å². The summed E-state index contributed by atoms with van der Waals surface area (Å²) < 4.78 is 3.75. The Morgan fingerprint density at radius 3 is 2.61 bits per heavy atom. The molecule has 7 nitrogen and oxygen atoms in total. The van der Waals surface area contributed by atoms with E-state index in [0.29, 0.717) is 12.5 Å². The molecule has 1 N–H and O–H groups in total. The molecule has 1 saturated heterocycles. The fourth-order valence-corrected chi connectivity index (χ4v) is 6.68. The molecule has 2 aliphatic rings. The number of benzene rings is 2. The van der Waals surface area contributed by atoms with Gasteiger partial charge < -0.3 is 14.6 Å². The van der Waals surface area contributed by atoms with Crippen LogP contribution in [0.15, 0.2) is 70.7 Å². The molecule has 0 spiro atoms. The van der Waals surface area contributed by atoms with E-state index in [1.54, 1.807) is 0 Å². The van der Waals surface area contributed by atoms with Crippen LogP contribution in [0.25, 0.3) is 10.9 Å². The molecule has 8 heteroatoms. The summed E-state index contributed by atoms with van der Waals surface area (Å²) in [6.45, 7) is 0.595. The fourth-order valence-electron chi connectivity index (χ4n) is 5.18. The standard InChI is InChI=1S/C28H29N3O4S/c1-29-15-22(27(34)35-2)26(33)28(36-19-8-4-3-5-9-19)14-24(32)31(17-18-12-13-18)25(28)21-16-30-23-11-7-6-10-20(21)23/h3-11,15-16,18,22,25,30H,12-14,17H2,1-2H3. The van der Waals surface area contributed by atoms with Crippen molar-refractivity contribution in [2.75, 3.05) is 20.7 Å². The highest BCUT2D eigenvalue weighted by molar-refractivity contribution is 8.01. The van der Waals surface area contributed by atoms with Gasteiger partial charge in [-0.15, -0.1) is 11.8 Å². The molecule has 0 bridgehead atoms. The summed E-state index contributed by atoms with van der Waals surface area (Å²) >= 11 is 1.36. The number of ketones is 1. The summed E-state index contributed by atoms with van der Waals surface area (Å²) in [5, 5.41) is 0.961. The number of Topliss-reactive ketones (excluding diaryl/α,β-unsaturated/α-hetero) is 1. The zero-order chi connectivity index (χ0) is 25.3. The van der Waals surface area contributed by atoms with Gasteiger partial charge in [-0.1, -0.05) is 36.4 Å². The molecule has 3 aromatic rings. The molecule has 2 heterocycles. The van der Waals surface area contributed by atoms with E-state index in [2.05, 4.69) is 9.98 Å². The minimum atomic E-state index is -1.25. The lowest BCUT2D eigenvalue weighted by Crippen LogP contribution is -2.47. The number of methoxy groups -OCH3 is 1. The lowest BCUT2D eigenvalue weighted by molar-refractivity contribution is -0.147. The summed E-state index contributed by atoms with van der Waals surface area (Å²) in [7, 11) is 2.79. The smallest absolute Gasteiger partial charge is 0.321 e.